The van der Waals surface area contributed by atoms with Gasteiger partial charge >= 0.3 is 0 Å². The molecule has 3 aromatic rings. The fourth-order valence-corrected chi connectivity index (χ4v) is 2.85. The number of nitrogens with zero attached hydrogens (tertiary/aromatic N) is 2. The highest BCUT2D eigenvalue weighted by Gasteiger charge is 2.10. The van der Waals surface area contributed by atoms with Crippen molar-refractivity contribution in [1.82, 2.24) is 10.2 Å². The number of carbonyl (C=O) groups is 1. The van der Waals surface area contributed by atoms with Gasteiger partial charge in [-0.2, -0.15) is 0 Å². The fourth-order valence-electron chi connectivity index (χ4n) is 2.08. The number of ether oxygens (including phenoxy) is 2. The molecule has 0 aliphatic heterocycles. The Morgan fingerprint density at radius 1 is 1.12 bits per heavy atom. The van der Waals surface area contributed by atoms with Crippen molar-refractivity contribution in [2.45, 2.75) is 6.92 Å². The summed E-state index contributed by atoms with van der Waals surface area (Å²) in [6.45, 7) is 1.91. The van der Waals surface area contributed by atoms with E-state index < -0.39 is 0 Å². The van der Waals surface area contributed by atoms with Gasteiger partial charge in [-0.3, -0.25) is 10.1 Å². The summed E-state index contributed by atoms with van der Waals surface area (Å²) < 4.78 is 10.6. The summed E-state index contributed by atoms with van der Waals surface area (Å²) in [6.07, 6.45) is 0. The molecule has 0 unspecified atom stereocenters. The summed E-state index contributed by atoms with van der Waals surface area (Å²) in [5.41, 5.74) is 2.15. The van der Waals surface area contributed by atoms with E-state index in [0.29, 0.717) is 16.6 Å². The van der Waals surface area contributed by atoms with Gasteiger partial charge in [0.05, 0.1) is 7.11 Å². The zero-order valence-corrected chi connectivity index (χ0v) is 14.7. The zero-order valence-electron chi connectivity index (χ0n) is 13.9. The first kappa shape index (κ1) is 16.9. The Balaban J connectivity index is 1.57. The predicted octanol–water partition coefficient (Wildman–Crippen LogP) is 3.54. The number of aromatic nitrogens is 2. The van der Waals surface area contributed by atoms with E-state index in [-0.39, 0.29) is 12.5 Å². The largest absolute Gasteiger partial charge is 0.497 e. The molecule has 0 saturated carbocycles. The molecule has 25 heavy (non-hydrogen) atoms. The molecule has 1 amide bonds. The second kappa shape index (κ2) is 7.76. The lowest BCUT2D eigenvalue weighted by Crippen LogP contribution is -2.20. The number of hydrogen-bond acceptors (Lipinski definition) is 6. The first-order valence-corrected chi connectivity index (χ1v) is 8.43. The maximum absolute atomic E-state index is 12.0. The average molecular weight is 355 g/mol. The summed E-state index contributed by atoms with van der Waals surface area (Å²) in [4.78, 5) is 12.0. The molecular weight excluding hydrogens is 338 g/mol. The average Bonchev–Trinajstić information content (AvgIpc) is 3.09. The Morgan fingerprint density at radius 2 is 1.88 bits per heavy atom. The van der Waals surface area contributed by atoms with E-state index in [1.807, 2.05) is 31.2 Å². The molecule has 0 bridgehead atoms. The molecule has 0 aliphatic rings. The van der Waals surface area contributed by atoms with Gasteiger partial charge in [0.25, 0.3) is 5.91 Å². The maximum atomic E-state index is 12.0. The first-order chi connectivity index (χ1) is 12.1. The van der Waals surface area contributed by atoms with E-state index in [1.54, 1.807) is 31.4 Å². The van der Waals surface area contributed by atoms with Crippen LogP contribution >= 0.6 is 11.3 Å². The third-order valence-electron chi connectivity index (χ3n) is 3.38. The first-order valence-electron chi connectivity index (χ1n) is 7.61. The van der Waals surface area contributed by atoms with E-state index in [4.69, 9.17) is 9.47 Å². The number of benzene rings is 2. The van der Waals surface area contributed by atoms with Crippen LogP contribution in [0, 0.1) is 6.92 Å². The second-order valence-electron chi connectivity index (χ2n) is 5.29. The number of anilines is 1. The van der Waals surface area contributed by atoms with Crippen molar-refractivity contribution in [2.24, 2.45) is 0 Å². The van der Waals surface area contributed by atoms with Gasteiger partial charge in [0.2, 0.25) is 5.13 Å². The fraction of sp³-hybridized carbons (Fsp3) is 0.167. The molecular formula is C18H17N3O3S. The third kappa shape index (κ3) is 4.54. The summed E-state index contributed by atoms with van der Waals surface area (Å²) >= 11 is 1.32. The summed E-state index contributed by atoms with van der Waals surface area (Å²) in [5, 5.41) is 12.0. The van der Waals surface area contributed by atoms with Crippen molar-refractivity contribution in [3.8, 4) is 22.1 Å². The highest BCUT2D eigenvalue weighted by atomic mass is 32.1. The molecule has 0 saturated heterocycles. The van der Waals surface area contributed by atoms with Gasteiger partial charge in [-0.1, -0.05) is 47.2 Å². The van der Waals surface area contributed by atoms with Crippen LogP contribution in [0.3, 0.4) is 0 Å². The van der Waals surface area contributed by atoms with Crippen LogP contribution in [0.25, 0.3) is 10.6 Å². The number of amides is 1. The number of methoxy groups -OCH3 is 1. The highest BCUT2D eigenvalue weighted by molar-refractivity contribution is 7.18. The van der Waals surface area contributed by atoms with E-state index in [9.17, 15) is 4.79 Å². The van der Waals surface area contributed by atoms with E-state index in [1.165, 1.54) is 16.9 Å². The molecule has 128 valence electrons. The summed E-state index contributed by atoms with van der Waals surface area (Å²) in [6, 6.07) is 15.1. The van der Waals surface area contributed by atoms with Gasteiger partial charge in [0.1, 0.15) is 16.5 Å². The molecule has 3 rings (SSSR count). The Hall–Kier alpha value is -2.93. The Morgan fingerprint density at radius 3 is 2.64 bits per heavy atom. The summed E-state index contributed by atoms with van der Waals surface area (Å²) in [7, 11) is 1.58. The molecule has 7 heteroatoms. The Kier molecular flexibility index (Phi) is 5.25. The van der Waals surface area contributed by atoms with Crippen LogP contribution in [0.4, 0.5) is 5.13 Å². The van der Waals surface area contributed by atoms with Crippen LogP contribution in [0.2, 0.25) is 0 Å². The van der Waals surface area contributed by atoms with Crippen LogP contribution in [0.1, 0.15) is 5.56 Å². The van der Waals surface area contributed by atoms with Crippen LogP contribution in [0.5, 0.6) is 11.5 Å². The molecule has 0 fully saturated rings. The van der Waals surface area contributed by atoms with Crippen LogP contribution < -0.4 is 14.8 Å². The molecule has 1 aromatic heterocycles. The highest BCUT2D eigenvalue weighted by Crippen LogP contribution is 2.26. The normalized spacial score (nSPS) is 10.3. The monoisotopic (exact) mass is 355 g/mol. The van der Waals surface area contributed by atoms with Crippen molar-refractivity contribution < 1.29 is 14.3 Å². The minimum Gasteiger partial charge on any atom is -0.497 e. The summed E-state index contributed by atoms with van der Waals surface area (Å²) in [5.74, 6) is 0.936. The van der Waals surface area contributed by atoms with Gasteiger partial charge in [-0.05, 0) is 19.1 Å². The quantitative estimate of drug-likeness (QED) is 0.732. The van der Waals surface area contributed by atoms with E-state index in [2.05, 4.69) is 15.5 Å². The number of rotatable bonds is 6. The van der Waals surface area contributed by atoms with Gasteiger partial charge < -0.3 is 9.47 Å². The Labute approximate surface area is 149 Å². The lowest BCUT2D eigenvalue weighted by Gasteiger charge is -2.07. The molecule has 2 aromatic carbocycles. The predicted molar refractivity (Wildman–Crippen MR) is 97.2 cm³/mol. The lowest BCUT2D eigenvalue weighted by atomic mass is 10.2. The molecule has 0 atom stereocenters. The van der Waals surface area contributed by atoms with Gasteiger partial charge in [-0.25, -0.2) is 0 Å². The Bertz CT molecular complexity index is 862. The number of nitrogens with one attached hydrogen (secondary N) is 1. The van der Waals surface area contributed by atoms with Crippen LogP contribution in [-0.4, -0.2) is 29.8 Å². The van der Waals surface area contributed by atoms with Crippen molar-refractivity contribution >= 4 is 22.4 Å². The molecule has 1 heterocycles. The van der Waals surface area contributed by atoms with Gasteiger partial charge in [-0.15, -0.1) is 10.2 Å². The molecule has 0 spiro atoms. The smallest absolute Gasteiger partial charge is 0.264 e. The van der Waals surface area contributed by atoms with E-state index >= 15 is 0 Å². The number of hydrogen-bond donors (Lipinski definition) is 1. The number of aryl methyl sites for hydroxylation is 1. The van der Waals surface area contributed by atoms with Crippen LogP contribution in [-0.2, 0) is 4.79 Å². The topological polar surface area (TPSA) is 73.3 Å². The maximum Gasteiger partial charge on any atom is 0.264 e. The molecule has 0 aliphatic carbocycles. The van der Waals surface area contributed by atoms with E-state index in [0.717, 1.165) is 10.6 Å². The van der Waals surface area contributed by atoms with Crippen molar-refractivity contribution in [3.63, 3.8) is 0 Å². The van der Waals surface area contributed by atoms with Crippen molar-refractivity contribution in [2.75, 3.05) is 19.0 Å². The second-order valence-corrected chi connectivity index (χ2v) is 6.27. The zero-order chi connectivity index (χ0) is 17.6. The minimum atomic E-state index is -0.297. The molecule has 0 radical (unpaired) electrons. The van der Waals surface area contributed by atoms with Crippen LogP contribution in [0.15, 0.2) is 48.5 Å². The standard InChI is InChI=1S/C18H17N3O3S/c1-12-6-8-13(9-7-12)17-20-21-18(25-17)19-16(22)11-24-15-5-3-4-14(10-15)23-2/h3-10H,11H2,1-2H3,(H,19,21,22). The van der Waals surface area contributed by atoms with Gasteiger partial charge in [0, 0.05) is 11.6 Å². The molecule has 1 N–H and O–H groups in total. The number of carbonyl (C=O) groups excluding carboxylic acids is 1. The third-order valence-corrected chi connectivity index (χ3v) is 4.27. The van der Waals surface area contributed by atoms with Gasteiger partial charge in [0.15, 0.2) is 6.61 Å². The lowest BCUT2D eigenvalue weighted by molar-refractivity contribution is -0.118. The minimum absolute atomic E-state index is 0.118. The molecule has 6 nitrogen and oxygen atoms in total. The van der Waals surface area contributed by atoms with Crippen molar-refractivity contribution in [3.05, 3.63) is 54.1 Å². The van der Waals surface area contributed by atoms with Crippen molar-refractivity contribution in [1.29, 1.82) is 0 Å². The SMILES string of the molecule is COc1cccc(OCC(=O)Nc2nnc(-c3ccc(C)cc3)s2)c1.